The van der Waals surface area contributed by atoms with Gasteiger partial charge in [-0.25, -0.2) is 4.79 Å². The summed E-state index contributed by atoms with van der Waals surface area (Å²) < 4.78 is 21.7. The molecular weight excluding hydrogens is 388 g/mol. The maximum atomic E-state index is 13.3. The third kappa shape index (κ3) is 3.11. The number of hydrogen-bond donors (Lipinski definition) is 1. The Kier molecular flexibility index (Phi) is 5.19. The van der Waals surface area contributed by atoms with Gasteiger partial charge in [-0.2, -0.15) is 0 Å². The van der Waals surface area contributed by atoms with Crippen molar-refractivity contribution >= 4 is 11.8 Å². The summed E-state index contributed by atoms with van der Waals surface area (Å²) in [5.74, 6) is 1.37. The number of likely N-dealkylation sites (N-methyl/N-ethyl adjacent to an activating group) is 1. The molecule has 0 amide bonds. The Morgan fingerprint density at radius 1 is 1.27 bits per heavy atom. The molecule has 0 saturated carbocycles. The molecule has 160 valence electrons. The number of carbonyl (C=O) groups excluding carboxylic acids is 2. The molecule has 0 radical (unpaired) electrons. The quantitative estimate of drug-likeness (QED) is 0.594. The lowest BCUT2D eigenvalue weighted by Crippen LogP contribution is -2.34. The van der Waals surface area contributed by atoms with Gasteiger partial charge in [0, 0.05) is 30.3 Å². The Bertz CT molecular complexity index is 1030. The van der Waals surface area contributed by atoms with Crippen LogP contribution in [0.4, 0.5) is 0 Å². The molecule has 1 atom stereocenters. The van der Waals surface area contributed by atoms with E-state index < -0.39 is 5.97 Å². The van der Waals surface area contributed by atoms with Crippen molar-refractivity contribution in [3.05, 3.63) is 39.7 Å². The van der Waals surface area contributed by atoms with Crippen LogP contribution in [0.5, 0.6) is 17.2 Å². The highest BCUT2D eigenvalue weighted by molar-refractivity contribution is 6.01. The van der Waals surface area contributed by atoms with Crippen molar-refractivity contribution in [2.75, 3.05) is 34.6 Å². The van der Waals surface area contributed by atoms with Crippen molar-refractivity contribution in [3.8, 4) is 17.2 Å². The third-order valence-corrected chi connectivity index (χ3v) is 6.03. The van der Waals surface area contributed by atoms with Crippen LogP contribution in [-0.4, -0.2) is 56.2 Å². The van der Waals surface area contributed by atoms with Crippen molar-refractivity contribution in [1.82, 2.24) is 9.88 Å². The smallest absolute Gasteiger partial charge is 0.339 e. The van der Waals surface area contributed by atoms with Crippen LogP contribution in [0.15, 0.2) is 6.07 Å². The molecule has 0 bridgehead atoms. The molecule has 2 aromatic rings. The lowest BCUT2D eigenvalue weighted by atomic mass is 9.87. The van der Waals surface area contributed by atoms with Crippen LogP contribution in [0.25, 0.3) is 0 Å². The minimum absolute atomic E-state index is 0.0739. The Hall–Kier alpha value is -3.00. The highest BCUT2D eigenvalue weighted by atomic mass is 16.7. The number of carbonyl (C=O) groups is 2. The van der Waals surface area contributed by atoms with Gasteiger partial charge in [0.15, 0.2) is 17.3 Å². The number of esters is 1. The average Bonchev–Trinajstić information content (AvgIpc) is 3.31. The molecule has 8 heteroatoms. The largest absolute Gasteiger partial charge is 0.492 e. The van der Waals surface area contributed by atoms with E-state index in [-0.39, 0.29) is 25.0 Å². The number of fused-ring (bicyclic) bond motifs is 2. The van der Waals surface area contributed by atoms with Crippen LogP contribution in [0, 0.1) is 13.8 Å². The van der Waals surface area contributed by atoms with Crippen LogP contribution in [0.1, 0.15) is 55.7 Å². The minimum Gasteiger partial charge on any atom is -0.492 e. The van der Waals surface area contributed by atoms with Crippen molar-refractivity contribution < 1.29 is 28.5 Å². The van der Waals surface area contributed by atoms with Gasteiger partial charge in [-0.3, -0.25) is 9.69 Å². The maximum absolute atomic E-state index is 13.3. The van der Waals surface area contributed by atoms with Gasteiger partial charge in [-0.1, -0.05) is 0 Å². The first-order chi connectivity index (χ1) is 14.4. The van der Waals surface area contributed by atoms with E-state index in [1.807, 2.05) is 13.1 Å². The van der Waals surface area contributed by atoms with Crippen LogP contribution >= 0.6 is 0 Å². The second kappa shape index (κ2) is 7.68. The number of nitrogens with zero attached hydrogens (tertiary/aromatic N) is 1. The van der Waals surface area contributed by atoms with Gasteiger partial charge >= 0.3 is 5.97 Å². The Balaban J connectivity index is 1.72. The fourth-order valence-electron chi connectivity index (χ4n) is 4.50. The monoisotopic (exact) mass is 414 g/mol. The average molecular weight is 414 g/mol. The van der Waals surface area contributed by atoms with Crippen molar-refractivity contribution in [2.45, 2.75) is 32.7 Å². The molecular formula is C22H26N2O6. The summed E-state index contributed by atoms with van der Waals surface area (Å²) in [5.41, 5.74) is 4.15. The third-order valence-electron chi connectivity index (χ3n) is 6.03. The molecule has 0 saturated heterocycles. The molecule has 8 nitrogen and oxygen atoms in total. The van der Waals surface area contributed by atoms with Crippen molar-refractivity contribution in [1.29, 1.82) is 0 Å². The number of aryl methyl sites for hydroxylation is 1. The van der Waals surface area contributed by atoms with Gasteiger partial charge in [-0.15, -0.1) is 0 Å². The number of aromatic nitrogens is 1. The first kappa shape index (κ1) is 20.3. The van der Waals surface area contributed by atoms with Crippen LogP contribution < -0.4 is 14.2 Å². The zero-order chi connectivity index (χ0) is 21.6. The number of H-pyrrole nitrogens is 1. The predicted octanol–water partition coefficient (Wildman–Crippen LogP) is 2.96. The summed E-state index contributed by atoms with van der Waals surface area (Å²) in [5, 5.41) is 0. The van der Waals surface area contributed by atoms with Gasteiger partial charge < -0.3 is 23.9 Å². The van der Waals surface area contributed by atoms with Crippen LogP contribution in [-0.2, 0) is 11.2 Å². The van der Waals surface area contributed by atoms with Gasteiger partial charge in [0.25, 0.3) is 0 Å². The lowest BCUT2D eigenvalue weighted by Gasteiger charge is -2.35. The number of Topliss-reactive ketones (excluding diaryl/α,β-unsaturated/α-hetero) is 1. The molecule has 0 spiro atoms. The Labute approximate surface area is 175 Å². The topological polar surface area (TPSA) is 90.1 Å². The summed E-state index contributed by atoms with van der Waals surface area (Å²) >= 11 is 0. The number of ketones is 1. The molecule has 30 heavy (non-hydrogen) atoms. The molecule has 1 aromatic heterocycles. The van der Waals surface area contributed by atoms with Crippen molar-refractivity contribution in [2.24, 2.45) is 0 Å². The molecule has 2 aliphatic rings. The van der Waals surface area contributed by atoms with E-state index in [4.69, 9.17) is 18.9 Å². The molecule has 3 heterocycles. The number of ether oxygens (including phenoxy) is 4. The number of hydrogen-bond acceptors (Lipinski definition) is 7. The van der Waals surface area contributed by atoms with E-state index in [9.17, 15) is 9.59 Å². The summed E-state index contributed by atoms with van der Waals surface area (Å²) in [6, 6.07) is 1.81. The van der Waals surface area contributed by atoms with Gasteiger partial charge in [0.05, 0.1) is 25.5 Å². The fourth-order valence-corrected chi connectivity index (χ4v) is 4.50. The number of benzene rings is 1. The van der Waals surface area contributed by atoms with Crippen LogP contribution in [0.2, 0.25) is 0 Å². The standard InChI is InChI=1S/C22H26N2O6/c1-11-17(22(26)28-5)12(2)23-19(11)15(25)9-14-18-13(6-7-24(14)3)8-16-20(21(18)27-4)30-10-29-16/h8,14,23H,6-7,9-10H2,1-5H3/t14-/m0/s1. The molecule has 0 aliphatic carbocycles. The summed E-state index contributed by atoms with van der Waals surface area (Å²) in [7, 11) is 4.93. The van der Waals surface area contributed by atoms with Crippen LogP contribution in [0.3, 0.4) is 0 Å². The summed E-state index contributed by atoms with van der Waals surface area (Å²) in [6.07, 6.45) is 1.07. The number of rotatable bonds is 5. The Morgan fingerprint density at radius 3 is 2.73 bits per heavy atom. The Morgan fingerprint density at radius 2 is 2.03 bits per heavy atom. The number of methoxy groups -OCH3 is 2. The number of aromatic amines is 1. The number of nitrogens with one attached hydrogen (secondary N) is 1. The first-order valence-corrected chi connectivity index (χ1v) is 9.87. The van der Waals surface area contributed by atoms with E-state index in [1.54, 1.807) is 21.0 Å². The van der Waals surface area contributed by atoms with Gasteiger partial charge in [0.1, 0.15) is 0 Å². The predicted molar refractivity (Wildman–Crippen MR) is 109 cm³/mol. The zero-order valence-electron chi connectivity index (χ0n) is 17.9. The van der Waals surface area contributed by atoms with E-state index in [0.717, 1.165) is 24.1 Å². The molecule has 0 unspecified atom stereocenters. The molecule has 1 aromatic carbocycles. The summed E-state index contributed by atoms with van der Waals surface area (Å²) in [6.45, 7) is 4.50. The van der Waals surface area contributed by atoms with E-state index in [0.29, 0.717) is 39.8 Å². The lowest BCUT2D eigenvalue weighted by molar-refractivity contribution is 0.0599. The molecule has 4 rings (SSSR count). The first-order valence-electron chi connectivity index (χ1n) is 9.87. The molecule has 0 fully saturated rings. The molecule has 1 N–H and O–H groups in total. The molecule has 2 aliphatic heterocycles. The normalized spacial score (nSPS) is 17.6. The van der Waals surface area contributed by atoms with Gasteiger partial charge in [0.2, 0.25) is 12.5 Å². The highest BCUT2D eigenvalue weighted by Gasteiger charge is 2.36. The van der Waals surface area contributed by atoms with E-state index in [1.165, 1.54) is 7.11 Å². The van der Waals surface area contributed by atoms with E-state index in [2.05, 4.69) is 9.88 Å². The second-order valence-electron chi connectivity index (χ2n) is 7.71. The minimum atomic E-state index is -0.449. The van der Waals surface area contributed by atoms with E-state index >= 15 is 0 Å². The second-order valence-corrected chi connectivity index (χ2v) is 7.71. The SMILES string of the molecule is COC(=O)c1c(C)[nH]c(C(=O)C[C@H]2c3c(cc4c(c3OC)OCO4)CCN2C)c1C. The zero-order valence-corrected chi connectivity index (χ0v) is 17.9. The maximum Gasteiger partial charge on any atom is 0.339 e. The fraction of sp³-hybridized carbons (Fsp3) is 0.455. The van der Waals surface area contributed by atoms with Crippen molar-refractivity contribution in [3.63, 3.8) is 0 Å². The highest BCUT2D eigenvalue weighted by Crippen LogP contribution is 2.50. The summed E-state index contributed by atoms with van der Waals surface area (Å²) in [4.78, 5) is 30.6. The van der Waals surface area contributed by atoms with Gasteiger partial charge in [-0.05, 0) is 44.5 Å².